The van der Waals surface area contributed by atoms with Gasteiger partial charge in [-0.2, -0.15) is 0 Å². The summed E-state index contributed by atoms with van der Waals surface area (Å²) in [5, 5.41) is 3.80. The molecule has 4 rings (SSSR count). The van der Waals surface area contributed by atoms with Crippen LogP contribution in [-0.2, 0) is 35.5 Å². The molecule has 1 aromatic heterocycles. The Kier molecular flexibility index (Phi) is 9.25. The molecular weight excluding hydrogens is 513 g/mol. The van der Waals surface area contributed by atoms with Gasteiger partial charge >= 0.3 is 0 Å². The number of rotatable bonds is 10. The summed E-state index contributed by atoms with van der Waals surface area (Å²) < 4.78 is 6.02. The minimum absolute atomic E-state index is 0.0207. The van der Waals surface area contributed by atoms with E-state index in [-0.39, 0.29) is 16.6 Å². The summed E-state index contributed by atoms with van der Waals surface area (Å²) in [7, 11) is 0. The van der Waals surface area contributed by atoms with E-state index in [0.29, 0.717) is 0 Å². The van der Waals surface area contributed by atoms with E-state index in [1.807, 2.05) is 12.1 Å². The molecule has 2 nitrogen and oxygen atoms in total. The third-order valence-electron chi connectivity index (χ3n) is 7.56. The second-order valence-electron chi connectivity index (χ2n) is 12.7. The topological polar surface area (TPSA) is 25.2 Å². The number of hydrogen-bond donors (Lipinski definition) is 1. The van der Waals surface area contributed by atoms with Gasteiger partial charge in [-0.05, 0) is 88.6 Å². The van der Waals surface area contributed by atoms with Gasteiger partial charge in [0.15, 0.2) is 0 Å². The fourth-order valence-corrected chi connectivity index (χ4v) is 8.94. The van der Waals surface area contributed by atoms with Gasteiger partial charge in [0.1, 0.15) is 11.5 Å². The molecular formula is C35H44NOPS. The molecule has 39 heavy (non-hydrogen) atoms. The van der Waals surface area contributed by atoms with E-state index < -0.39 is 6.04 Å². The number of aryl methyl sites for hydroxylation is 2. The molecule has 0 saturated heterocycles. The van der Waals surface area contributed by atoms with Gasteiger partial charge in [0.25, 0.3) is 0 Å². The highest BCUT2D eigenvalue weighted by Crippen LogP contribution is 2.60. The van der Waals surface area contributed by atoms with Crippen molar-refractivity contribution < 1.29 is 4.42 Å². The number of nitrogens with one attached hydrogen (secondary N) is 1. The Bertz CT molecular complexity index is 1280. The minimum atomic E-state index is -1.97. The maximum absolute atomic E-state index is 6.73. The average Bonchev–Trinajstić information content (AvgIpc) is 3.44. The number of para-hydroxylation sites is 1. The molecule has 0 saturated carbocycles. The predicted octanol–water partition coefficient (Wildman–Crippen LogP) is 9.95. The first-order valence-electron chi connectivity index (χ1n) is 14.1. The highest BCUT2D eigenvalue weighted by Gasteiger charge is 2.32. The first-order valence-corrected chi connectivity index (χ1v) is 17.3. The molecule has 206 valence electrons. The molecule has 0 spiro atoms. The molecule has 0 radical (unpaired) electrons. The molecule has 4 heteroatoms. The van der Waals surface area contributed by atoms with Gasteiger partial charge in [-0.25, -0.2) is 0 Å². The zero-order valence-electron chi connectivity index (χ0n) is 24.4. The van der Waals surface area contributed by atoms with Crippen molar-refractivity contribution in [1.29, 1.82) is 0 Å². The molecule has 0 aliphatic rings. The summed E-state index contributed by atoms with van der Waals surface area (Å²) in [6, 6.07) is 30.8. The van der Waals surface area contributed by atoms with Crippen LogP contribution in [0.15, 0.2) is 102 Å². The SMILES string of the molecule is CC(C)(C)c1ccc(CCP(=S)(CCc2ccc(C(C)(C)C)cc2)C(Nc2ccccc2)c2ccco2)cc1. The van der Waals surface area contributed by atoms with Crippen molar-refractivity contribution in [1.82, 2.24) is 0 Å². The van der Waals surface area contributed by atoms with Crippen molar-refractivity contribution in [3.8, 4) is 0 Å². The molecule has 0 fully saturated rings. The van der Waals surface area contributed by atoms with Crippen LogP contribution in [0.4, 0.5) is 5.69 Å². The van der Waals surface area contributed by atoms with Crippen molar-refractivity contribution >= 4 is 23.5 Å². The molecule has 1 atom stereocenters. The smallest absolute Gasteiger partial charge is 0.131 e. The van der Waals surface area contributed by atoms with Crippen LogP contribution in [0.3, 0.4) is 0 Å². The van der Waals surface area contributed by atoms with Crippen molar-refractivity contribution in [2.45, 2.75) is 71.0 Å². The van der Waals surface area contributed by atoms with Gasteiger partial charge in [0.2, 0.25) is 0 Å². The number of benzene rings is 3. The molecule has 1 unspecified atom stereocenters. The fraction of sp³-hybridized carbons (Fsp3) is 0.371. The highest BCUT2D eigenvalue weighted by molar-refractivity contribution is 8.14. The van der Waals surface area contributed by atoms with E-state index in [4.69, 9.17) is 16.2 Å². The van der Waals surface area contributed by atoms with E-state index >= 15 is 0 Å². The van der Waals surface area contributed by atoms with Crippen LogP contribution in [0, 0.1) is 0 Å². The molecule has 1 heterocycles. The first-order chi connectivity index (χ1) is 18.4. The Labute approximate surface area is 241 Å². The molecule has 0 aliphatic carbocycles. The maximum atomic E-state index is 6.73. The molecule has 3 aromatic carbocycles. The summed E-state index contributed by atoms with van der Waals surface area (Å²) in [4.78, 5) is 0. The first kappa shape index (κ1) is 29.4. The summed E-state index contributed by atoms with van der Waals surface area (Å²) in [6.45, 7) is 13.6. The lowest BCUT2D eigenvalue weighted by molar-refractivity contribution is 0.512. The van der Waals surface area contributed by atoms with Gasteiger partial charge in [0.05, 0.1) is 6.26 Å². The van der Waals surface area contributed by atoms with Crippen LogP contribution < -0.4 is 5.32 Å². The minimum Gasteiger partial charge on any atom is -0.467 e. The highest BCUT2D eigenvalue weighted by atomic mass is 32.4. The zero-order valence-corrected chi connectivity index (χ0v) is 26.1. The van der Waals surface area contributed by atoms with Gasteiger partial charge < -0.3 is 9.73 Å². The molecule has 4 aromatic rings. The molecule has 0 amide bonds. The quantitative estimate of drug-likeness (QED) is 0.196. The average molecular weight is 558 g/mol. The summed E-state index contributed by atoms with van der Waals surface area (Å²) in [5.41, 5.74) is 6.82. The standard InChI is InChI=1S/C35H44NOPS/c1-34(2,3)29-18-14-27(15-19-29)22-25-38(39,26-23-28-16-20-30(21-17-28)35(4,5)6)33(32-13-10-24-37-32)36-31-11-8-7-9-12-31/h7-21,24,33,36H,22-23,25-26H2,1-6H3. The van der Waals surface area contributed by atoms with E-state index in [2.05, 4.69) is 126 Å². The van der Waals surface area contributed by atoms with Crippen LogP contribution in [0.1, 0.15) is 75.3 Å². The number of hydrogen-bond acceptors (Lipinski definition) is 3. The van der Waals surface area contributed by atoms with Gasteiger partial charge in [0, 0.05) is 5.69 Å². The Morgan fingerprint density at radius 3 is 1.56 bits per heavy atom. The monoisotopic (exact) mass is 557 g/mol. The lowest BCUT2D eigenvalue weighted by Gasteiger charge is -2.32. The third kappa shape index (κ3) is 7.96. The van der Waals surface area contributed by atoms with Crippen LogP contribution in [0.5, 0.6) is 0 Å². The number of anilines is 1. The maximum Gasteiger partial charge on any atom is 0.131 e. The summed E-state index contributed by atoms with van der Waals surface area (Å²) >= 11 is 6.73. The van der Waals surface area contributed by atoms with E-state index in [9.17, 15) is 0 Å². The van der Waals surface area contributed by atoms with E-state index in [0.717, 1.165) is 36.6 Å². The lowest BCUT2D eigenvalue weighted by atomic mass is 9.86. The molecule has 0 aliphatic heterocycles. The van der Waals surface area contributed by atoms with Crippen molar-refractivity contribution in [3.05, 3.63) is 125 Å². The lowest BCUT2D eigenvalue weighted by Crippen LogP contribution is -2.17. The van der Waals surface area contributed by atoms with E-state index in [1.165, 1.54) is 22.3 Å². The Balaban J connectivity index is 1.62. The Hall–Kier alpha value is -2.61. The second kappa shape index (κ2) is 12.3. The predicted molar refractivity (Wildman–Crippen MR) is 173 cm³/mol. The van der Waals surface area contributed by atoms with Crippen LogP contribution in [0.25, 0.3) is 0 Å². The largest absolute Gasteiger partial charge is 0.467 e. The molecule has 1 N–H and O–H groups in total. The van der Waals surface area contributed by atoms with Crippen LogP contribution in [0.2, 0.25) is 0 Å². The number of furan rings is 1. The summed E-state index contributed by atoms with van der Waals surface area (Å²) in [5.74, 6) is 0.918. The van der Waals surface area contributed by atoms with Crippen molar-refractivity contribution in [3.63, 3.8) is 0 Å². The normalized spacial score (nSPS) is 13.3. The van der Waals surface area contributed by atoms with E-state index in [1.54, 1.807) is 6.26 Å². The molecule has 0 bridgehead atoms. The zero-order chi connectivity index (χ0) is 28.1. The Morgan fingerprint density at radius 2 is 1.15 bits per heavy atom. The second-order valence-corrected chi connectivity index (χ2v) is 18.2. The van der Waals surface area contributed by atoms with Crippen molar-refractivity contribution in [2.24, 2.45) is 0 Å². The van der Waals surface area contributed by atoms with Gasteiger partial charge in [-0.15, -0.1) is 0 Å². The van der Waals surface area contributed by atoms with Crippen LogP contribution >= 0.6 is 6.04 Å². The Morgan fingerprint density at radius 1 is 0.667 bits per heavy atom. The summed E-state index contributed by atoms with van der Waals surface area (Å²) in [6.07, 6.45) is 5.66. The van der Waals surface area contributed by atoms with Crippen molar-refractivity contribution in [2.75, 3.05) is 17.6 Å². The van der Waals surface area contributed by atoms with Gasteiger partial charge in [-0.3, -0.25) is 0 Å². The van der Waals surface area contributed by atoms with Crippen LogP contribution in [-0.4, -0.2) is 12.3 Å². The fourth-order valence-electron chi connectivity index (χ4n) is 4.91. The third-order valence-corrected chi connectivity index (χ3v) is 12.6. The van der Waals surface area contributed by atoms with Gasteiger partial charge in [-0.1, -0.05) is 120 Å².